The largest absolute Gasteiger partial charge is 0.491 e. The fourth-order valence-electron chi connectivity index (χ4n) is 1.87. The van der Waals surface area contributed by atoms with Crippen LogP contribution in [0.5, 0.6) is 5.75 Å². The molecular weight excluding hydrogens is 336 g/mol. The van der Waals surface area contributed by atoms with E-state index >= 15 is 0 Å². The average Bonchev–Trinajstić information content (AvgIpc) is 2.57. The number of thioether (sulfide) groups is 1. The summed E-state index contributed by atoms with van der Waals surface area (Å²) in [5, 5.41) is 2.74. The van der Waals surface area contributed by atoms with Crippen LogP contribution in [0.3, 0.4) is 0 Å². The maximum absolute atomic E-state index is 12.3. The van der Waals surface area contributed by atoms with Crippen LogP contribution >= 0.6 is 11.8 Å². The van der Waals surface area contributed by atoms with Crippen molar-refractivity contribution in [2.45, 2.75) is 10.7 Å². The summed E-state index contributed by atoms with van der Waals surface area (Å²) in [5.74, 6) is -2.11. The highest BCUT2D eigenvalue weighted by molar-refractivity contribution is 7.99. The number of anilines is 1. The van der Waals surface area contributed by atoms with Gasteiger partial charge in [0.25, 0.3) is 11.7 Å². The Bertz CT molecular complexity index is 648. The zero-order valence-corrected chi connectivity index (χ0v) is 13.8. The molecule has 0 spiro atoms. The lowest BCUT2D eigenvalue weighted by molar-refractivity contribution is 0.102. The minimum Gasteiger partial charge on any atom is -0.491 e. The number of methoxy groups -OCH3 is 1. The molecule has 0 fully saturated rings. The monoisotopic (exact) mass is 353 g/mol. The molecule has 0 unspecified atom stereocenters. The van der Waals surface area contributed by atoms with Crippen LogP contribution in [-0.4, -0.2) is 32.0 Å². The minimum absolute atomic E-state index is 0.309. The molecule has 0 heterocycles. The van der Waals surface area contributed by atoms with Gasteiger partial charge in [-0.3, -0.25) is 4.79 Å². The Balaban J connectivity index is 1.91. The minimum atomic E-state index is -2.48. The molecule has 4 nitrogen and oxygen atoms in total. The van der Waals surface area contributed by atoms with Crippen LogP contribution in [-0.2, 0) is 4.74 Å². The summed E-state index contributed by atoms with van der Waals surface area (Å²) in [4.78, 5) is 12.5. The molecule has 0 aliphatic heterocycles. The zero-order chi connectivity index (χ0) is 17.4. The van der Waals surface area contributed by atoms with E-state index in [0.29, 0.717) is 46.9 Å². The van der Waals surface area contributed by atoms with Crippen molar-refractivity contribution in [3.63, 3.8) is 0 Å². The number of nitrogens with one attached hydrogen (secondary N) is 1. The van der Waals surface area contributed by atoms with Crippen molar-refractivity contribution in [2.75, 3.05) is 25.6 Å². The normalized spacial score (nSPS) is 10.7. The second kappa shape index (κ2) is 9.24. The third kappa shape index (κ3) is 5.82. The van der Waals surface area contributed by atoms with Gasteiger partial charge in [-0.1, -0.05) is 11.8 Å². The van der Waals surface area contributed by atoms with Crippen LogP contribution in [0.25, 0.3) is 0 Å². The van der Waals surface area contributed by atoms with Gasteiger partial charge in [0.2, 0.25) is 0 Å². The molecule has 0 saturated heterocycles. The van der Waals surface area contributed by atoms with E-state index in [1.54, 1.807) is 31.4 Å². The van der Waals surface area contributed by atoms with Crippen molar-refractivity contribution in [1.29, 1.82) is 0 Å². The number of carbonyl (C=O) groups is 1. The first-order valence-electron chi connectivity index (χ1n) is 7.16. The van der Waals surface area contributed by atoms with Crippen molar-refractivity contribution in [3.05, 3.63) is 54.1 Å². The molecule has 0 saturated carbocycles. The highest BCUT2D eigenvalue weighted by Gasteiger charge is 2.09. The molecule has 1 N–H and O–H groups in total. The number of amides is 1. The van der Waals surface area contributed by atoms with Crippen LogP contribution in [0.4, 0.5) is 14.5 Å². The summed E-state index contributed by atoms with van der Waals surface area (Å²) in [7, 11) is 1.60. The maximum Gasteiger partial charge on any atom is 0.288 e. The molecule has 0 aliphatic carbocycles. The first-order chi connectivity index (χ1) is 11.6. The summed E-state index contributed by atoms with van der Waals surface area (Å²) < 4.78 is 34.9. The van der Waals surface area contributed by atoms with Gasteiger partial charge in [-0.2, -0.15) is 8.78 Å². The SMILES string of the molecule is COCCOc1ccc(NC(=O)c2ccc(SC(F)F)cc2)cc1. The molecular formula is C17H17F2NO3S. The smallest absolute Gasteiger partial charge is 0.288 e. The van der Waals surface area contributed by atoms with E-state index in [-0.39, 0.29) is 5.91 Å². The van der Waals surface area contributed by atoms with Gasteiger partial charge in [0, 0.05) is 23.3 Å². The number of rotatable bonds is 8. The molecule has 2 aromatic rings. The Kier molecular flexibility index (Phi) is 7.02. The molecule has 0 aliphatic rings. The van der Waals surface area contributed by atoms with Crippen molar-refractivity contribution in [1.82, 2.24) is 0 Å². The molecule has 2 rings (SSSR count). The molecule has 0 atom stereocenters. The Morgan fingerprint density at radius 1 is 1.08 bits per heavy atom. The summed E-state index contributed by atoms with van der Waals surface area (Å²) in [5.41, 5.74) is 1.01. The van der Waals surface area contributed by atoms with E-state index in [1.165, 1.54) is 24.3 Å². The molecule has 7 heteroatoms. The van der Waals surface area contributed by atoms with Crippen LogP contribution in [0.1, 0.15) is 10.4 Å². The van der Waals surface area contributed by atoms with Gasteiger partial charge in [0.15, 0.2) is 0 Å². The average molecular weight is 353 g/mol. The van der Waals surface area contributed by atoms with Crippen molar-refractivity contribution in [2.24, 2.45) is 0 Å². The Morgan fingerprint density at radius 2 is 1.75 bits per heavy atom. The first-order valence-corrected chi connectivity index (χ1v) is 8.04. The van der Waals surface area contributed by atoms with Gasteiger partial charge in [0.1, 0.15) is 12.4 Å². The summed E-state index contributed by atoms with van der Waals surface area (Å²) in [6.45, 7) is 0.948. The molecule has 0 aromatic heterocycles. The van der Waals surface area contributed by atoms with E-state index in [2.05, 4.69) is 5.32 Å². The van der Waals surface area contributed by atoms with E-state index < -0.39 is 5.76 Å². The second-order valence-corrected chi connectivity index (χ2v) is 5.79. The van der Waals surface area contributed by atoms with Gasteiger partial charge < -0.3 is 14.8 Å². The molecule has 0 bridgehead atoms. The molecule has 24 heavy (non-hydrogen) atoms. The van der Waals surface area contributed by atoms with Crippen molar-refractivity contribution < 1.29 is 23.0 Å². The number of hydrogen-bond acceptors (Lipinski definition) is 4. The third-order valence-electron chi connectivity index (χ3n) is 3.01. The predicted octanol–water partition coefficient (Wildman–Crippen LogP) is 4.28. The van der Waals surface area contributed by atoms with E-state index in [9.17, 15) is 13.6 Å². The quantitative estimate of drug-likeness (QED) is 0.568. The topological polar surface area (TPSA) is 47.6 Å². The standard InChI is InChI=1S/C17H17F2NO3S/c1-22-10-11-23-14-6-4-13(5-7-14)20-16(21)12-2-8-15(9-3-12)24-17(18)19/h2-9,17H,10-11H2,1H3,(H,20,21). The third-order valence-corrected chi connectivity index (χ3v) is 3.73. The number of ether oxygens (including phenoxy) is 2. The van der Waals surface area contributed by atoms with E-state index in [0.717, 1.165) is 0 Å². The van der Waals surface area contributed by atoms with Crippen LogP contribution in [0.15, 0.2) is 53.4 Å². The lowest BCUT2D eigenvalue weighted by Gasteiger charge is -2.08. The molecule has 1 amide bonds. The molecule has 2 aromatic carbocycles. The fourth-order valence-corrected chi connectivity index (χ4v) is 2.37. The lowest BCUT2D eigenvalue weighted by atomic mass is 10.2. The number of alkyl halides is 2. The number of hydrogen-bond donors (Lipinski definition) is 1. The van der Waals surface area contributed by atoms with Crippen LogP contribution < -0.4 is 10.1 Å². The highest BCUT2D eigenvalue weighted by Crippen LogP contribution is 2.25. The Labute approximate surface area is 143 Å². The summed E-state index contributed by atoms with van der Waals surface area (Å²) >= 11 is 0.445. The van der Waals surface area contributed by atoms with Crippen molar-refractivity contribution >= 4 is 23.4 Å². The molecule has 128 valence electrons. The highest BCUT2D eigenvalue weighted by atomic mass is 32.2. The lowest BCUT2D eigenvalue weighted by Crippen LogP contribution is -2.11. The van der Waals surface area contributed by atoms with Crippen LogP contribution in [0.2, 0.25) is 0 Å². The zero-order valence-electron chi connectivity index (χ0n) is 13.0. The molecule has 0 radical (unpaired) electrons. The maximum atomic E-state index is 12.3. The number of halogens is 2. The van der Waals surface area contributed by atoms with Gasteiger partial charge in [-0.25, -0.2) is 0 Å². The van der Waals surface area contributed by atoms with E-state index in [4.69, 9.17) is 9.47 Å². The predicted molar refractivity (Wildman–Crippen MR) is 90.1 cm³/mol. The second-order valence-electron chi connectivity index (χ2n) is 4.72. The van der Waals surface area contributed by atoms with Crippen molar-refractivity contribution in [3.8, 4) is 5.75 Å². The fraction of sp³-hybridized carbons (Fsp3) is 0.235. The summed E-state index contributed by atoms with van der Waals surface area (Å²) in [6.07, 6.45) is 0. The Morgan fingerprint density at radius 3 is 2.33 bits per heavy atom. The number of carbonyl (C=O) groups excluding carboxylic acids is 1. The van der Waals surface area contributed by atoms with Gasteiger partial charge in [-0.05, 0) is 48.5 Å². The van der Waals surface area contributed by atoms with Gasteiger partial charge in [-0.15, -0.1) is 0 Å². The first kappa shape index (κ1) is 18.2. The Hall–Kier alpha value is -2.12. The van der Waals surface area contributed by atoms with Crippen LogP contribution in [0, 0.1) is 0 Å². The van der Waals surface area contributed by atoms with Gasteiger partial charge >= 0.3 is 0 Å². The van der Waals surface area contributed by atoms with Gasteiger partial charge in [0.05, 0.1) is 6.61 Å². The summed E-state index contributed by atoms with van der Waals surface area (Å²) in [6, 6.07) is 13.0. The van der Waals surface area contributed by atoms with E-state index in [1.807, 2.05) is 0 Å². The number of benzene rings is 2.